The zero-order chi connectivity index (χ0) is 60.4. The van der Waals surface area contributed by atoms with Crippen molar-refractivity contribution in [1.82, 2.24) is 0 Å². The summed E-state index contributed by atoms with van der Waals surface area (Å²) in [6.45, 7) is 23.5. The van der Waals surface area contributed by atoms with Gasteiger partial charge in [0.15, 0.2) is 0 Å². The Hall–Kier alpha value is -10.9. The van der Waals surface area contributed by atoms with E-state index in [1.54, 1.807) is 0 Å². The molecule has 0 amide bonds. The fraction of sp³-hybridized carbons (Fsp3) is 0.0714. The first-order chi connectivity index (χ1) is 43.0. The Labute approximate surface area is 519 Å². The second kappa shape index (κ2) is 24.2. The predicted molar refractivity (Wildman–Crippen MR) is 379 cm³/mol. The average Bonchev–Trinajstić information content (AvgIpc) is 3.12. The smallest absolute Gasteiger partial charge is 0.0468 e. The first-order valence-corrected chi connectivity index (χ1v) is 30.4. The monoisotopic (exact) mass is 1130 g/mol. The van der Waals surface area contributed by atoms with Crippen molar-refractivity contribution >= 4 is 86.5 Å². The molecule has 0 N–H and O–H groups in total. The van der Waals surface area contributed by atoms with Gasteiger partial charge in [-0.2, -0.15) is 0 Å². The molecule has 0 aliphatic heterocycles. The molecule has 426 valence electrons. The molecule has 0 atom stereocenters. The van der Waals surface area contributed by atoms with Crippen molar-refractivity contribution in [1.29, 1.82) is 0 Å². The normalized spacial score (nSPS) is 11.2. The molecular weight excluding hydrogens is 1060 g/mol. The zero-order valence-corrected chi connectivity index (χ0v) is 50.8. The van der Waals surface area contributed by atoms with Gasteiger partial charge in [0.25, 0.3) is 0 Å². The Morgan fingerprint density at radius 1 is 0.239 bits per heavy atom. The van der Waals surface area contributed by atoms with Gasteiger partial charge in [-0.05, 0) is 269 Å². The molecule has 12 aromatic carbocycles. The van der Waals surface area contributed by atoms with Crippen LogP contribution in [0, 0.1) is 27.7 Å². The first-order valence-electron chi connectivity index (χ1n) is 30.4. The van der Waals surface area contributed by atoms with Crippen LogP contribution in [0.5, 0.6) is 0 Å². The van der Waals surface area contributed by atoms with E-state index < -0.39 is 0 Å². The number of rotatable bonds is 16. The summed E-state index contributed by atoms with van der Waals surface area (Å²) in [5, 5.41) is 0. The van der Waals surface area contributed by atoms with Crippen molar-refractivity contribution < 1.29 is 0 Å². The fourth-order valence-corrected chi connectivity index (χ4v) is 12.7. The molecule has 0 saturated heterocycles. The molecule has 12 aromatic rings. The number of anilines is 12. The van der Waals surface area contributed by atoms with E-state index in [0.717, 1.165) is 136 Å². The summed E-state index contributed by atoms with van der Waals surface area (Å²) in [6, 6.07) is 98.7. The molecule has 1 aliphatic carbocycles. The van der Waals surface area contributed by atoms with Gasteiger partial charge in [-0.15, -0.1) is 0 Å². The standard InChI is InChI=1S/C84H70N4/c1-9-61-25-17-33-69(49-61)85(65-29-13-21-57(5)45-65)73-37-41-77-78-42-38-75(87(67-31-15-23-59(7)47-67)71-35-19-27-63(11-3)51-71)55-83(78)84-56-76(88(68-32-16-24-60(8)48-68)72-36-20-28-64(12-4)52-72)40-44-80(84)79-43-39-74(54-82(79)81(77)53-73)86(66-30-14-22-58(6)46-66)70-34-18-26-62(10-2)50-70/h9-11,13-56H,1-3,12H2,4-8H3. The Kier molecular flexibility index (Phi) is 15.5. The highest BCUT2D eigenvalue weighted by Gasteiger charge is 2.29. The van der Waals surface area contributed by atoms with Crippen LogP contribution >= 0.6 is 0 Å². The average molecular weight is 1140 g/mol. The maximum atomic E-state index is 4.20. The molecule has 13 rings (SSSR count). The summed E-state index contributed by atoms with van der Waals surface area (Å²) in [6.07, 6.45) is 6.70. The van der Waals surface area contributed by atoms with Crippen molar-refractivity contribution in [2.24, 2.45) is 0 Å². The van der Waals surface area contributed by atoms with Gasteiger partial charge in [-0.1, -0.05) is 166 Å². The van der Waals surface area contributed by atoms with Gasteiger partial charge in [0.05, 0.1) is 0 Å². The lowest BCUT2D eigenvalue weighted by Gasteiger charge is -2.32. The number of hydrogen-bond acceptors (Lipinski definition) is 4. The molecule has 0 radical (unpaired) electrons. The highest BCUT2D eigenvalue weighted by molar-refractivity contribution is 6.07. The Morgan fingerprint density at radius 3 is 0.716 bits per heavy atom. The van der Waals surface area contributed by atoms with Crippen LogP contribution in [0.2, 0.25) is 0 Å². The van der Waals surface area contributed by atoms with E-state index in [9.17, 15) is 0 Å². The van der Waals surface area contributed by atoms with E-state index in [1.165, 1.54) is 27.8 Å². The maximum Gasteiger partial charge on any atom is 0.0468 e. The van der Waals surface area contributed by atoms with Crippen LogP contribution < -0.4 is 19.6 Å². The summed E-state index contributed by atoms with van der Waals surface area (Å²) < 4.78 is 0. The number of benzene rings is 12. The largest absolute Gasteiger partial charge is 0.310 e. The maximum absolute atomic E-state index is 4.20. The number of aryl methyl sites for hydroxylation is 5. The van der Waals surface area contributed by atoms with E-state index in [4.69, 9.17) is 0 Å². The molecule has 1 aliphatic rings. The van der Waals surface area contributed by atoms with Gasteiger partial charge < -0.3 is 19.6 Å². The molecule has 0 heterocycles. The Bertz CT molecular complexity index is 4650. The molecule has 0 saturated carbocycles. The quantitative estimate of drug-likeness (QED) is 0.0956. The summed E-state index contributed by atoms with van der Waals surface area (Å²) >= 11 is 0. The molecule has 0 unspecified atom stereocenters. The lowest BCUT2D eigenvalue weighted by Crippen LogP contribution is -2.13. The van der Waals surface area contributed by atoms with E-state index in [1.807, 2.05) is 18.2 Å². The zero-order valence-electron chi connectivity index (χ0n) is 50.8. The highest BCUT2D eigenvalue weighted by Crippen LogP contribution is 2.54. The van der Waals surface area contributed by atoms with Crippen LogP contribution in [0.1, 0.15) is 51.4 Å². The third kappa shape index (κ3) is 11.0. The first kappa shape index (κ1) is 56.2. The summed E-state index contributed by atoms with van der Waals surface area (Å²) in [5.74, 6) is 0. The summed E-state index contributed by atoms with van der Waals surface area (Å²) in [7, 11) is 0. The lowest BCUT2D eigenvalue weighted by molar-refractivity contribution is 1.13. The van der Waals surface area contributed by atoms with Crippen LogP contribution in [-0.2, 0) is 6.42 Å². The van der Waals surface area contributed by atoms with E-state index in [0.29, 0.717) is 0 Å². The molecule has 4 nitrogen and oxygen atoms in total. The highest BCUT2D eigenvalue weighted by atomic mass is 15.2. The Balaban J connectivity index is 1.14. The summed E-state index contributed by atoms with van der Waals surface area (Å²) in [4.78, 5) is 9.59. The van der Waals surface area contributed by atoms with Crippen molar-refractivity contribution in [3.8, 4) is 44.5 Å². The van der Waals surface area contributed by atoms with Gasteiger partial charge in [-0.3, -0.25) is 0 Å². The summed E-state index contributed by atoms with van der Waals surface area (Å²) in [5.41, 5.74) is 30.7. The van der Waals surface area contributed by atoms with Gasteiger partial charge >= 0.3 is 0 Å². The van der Waals surface area contributed by atoms with E-state index in [-0.39, 0.29) is 0 Å². The number of hydrogen-bond donors (Lipinski definition) is 0. The van der Waals surface area contributed by atoms with Crippen LogP contribution in [0.15, 0.2) is 287 Å². The second-order valence-electron chi connectivity index (χ2n) is 23.0. The van der Waals surface area contributed by atoms with Crippen molar-refractivity contribution in [3.63, 3.8) is 0 Å². The van der Waals surface area contributed by atoms with Gasteiger partial charge in [0.2, 0.25) is 0 Å². The van der Waals surface area contributed by atoms with Crippen LogP contribution in [-0.4, -0.2) is 0 Å². The number of fused-ring (bicyclic) bond motifs is 8. The van der Waals surface area contributed by atoms with Gasteiger partial charge in [0.1, 0.15) is 0 Å². The number of nitrogens with zero attached hydrogens (tertiary/aromatic N) is 4. The molecule has 0 spiro atoms. The minimum absolute atomic E-state index is 0.924. The molecule has 0 fully saturated rings. The SMILES string of the molecule is C=Cc1cccc(N(c2cccc(C)c2)c2ccc3c(c2)-c2cc(N(c4cccc(C)c4)c4cccc(C=C)c4)ccc2-c2ccc(N(c4cccc(C)c4)c4cccc(CC)c4)cc2-c2cc(N(c4cccc(C)c4)c4cccc(C=C)c4)ccc2-3)c1. The molecular formula is C84H70N4. The topological polar surface area (TPSA) is 13.0 Å². The minimum Gasteiger partial charge on any atom is -0.310 e. The minimum atomic E-state index is 0.924. The predicted octanol–water partition coefficient (Wildman–Crippen LogP) is 24.3. The molecule has 0 bridgehead atoms. The third-order valence-electron chi connectivity index (χ3n) is 16.9. The van der Waals surface area contributed by atoms with Crippen LogP contribution in [0.4, 0.5) is 68.2 Å². The van der Waals surface area contributed by atoms with Crippen molar-refractivity contribution in [3.05, 3.63) is 331 Å². The molecule has 4 heteroatoms. The van der Waals surface area contributed by atoms with Crippen molar-refractivity contribution in [2.45, 2.75) is 41.0 Å². The van der Waals surface area contributed by atoms with Gasteiger partial charge in [0, 0.05) is 68.2 Å². The fourth-order valence-electron chi connectivity index (χ4n) is 12.7. The van der Waals surface area contributed by atoms with Crippen molar-refractivity contribution in [2.75, 3.05) is 19.6 Å². The Morgan fingerprint density at radius 2 is 0.466 bits per heavy atom. The van der Waals surface area contributed by atoms with Crippen LogP contribution in [0.3, 0.4) is 0 Å². The van der Waals surface area contributed by atoms with E-state index >= 15 is 0 Å². The third-order valence-corrected chi connectivity index (χ3v) is 16.9. The second-order valence-corrected chi connectivity index (χ2v) is 23.0. The van der Waals surface area contributed by atoms with Crippen LogP contribution in [0.25, 0.3) is 62.7 Å². The van der Waals surface area contributed by atoms with Gasteiger partial charge in [-0.25, -0.2) is 0 Å². The van der Waals surface area contributed by atoms with E-state index in [2.05, 4.69) is 341 Å². The molecule has 0 aromatic heterocycles. The molecule has 88 heavy (non-hydrogen) atoms. The lowest BCUT2D eigenvalue weighted by atomic mass is 9.80.